The van der Waals surface area contributed by atoms with Crippen molar-refractivity contribution in [2.24, 2.45) is 0 Å². The van der Waals surface area contributed by atoms with Crippen LogP contribution in [-0.2, 0) is 0 Å². The molecule has 0 atom stereocenters. The number of benzene rings is 2. The molecule has 2 aromatic carbocycles. The van der Waals surface area contributed by atoms with E-state index in [1.54, 1.807) is 23.5 Å². The molecule has 0 aliphatic carbocycles. The first kappa shape index (κ1) is 14.5. The molecule has 3 rings (SSSR count). The van der Waals surface area contributed by atoms with Crippen LogP contribution in [0, 0.1) is 0 Å². The molecule has 3 aromatic rings. The third kappa shape index (κ3) is 2.51. The summed E-state index contributed by atoms with van der Waals surface area (Å²) in [6.45, 7) is 0. The van der Waals surface area contributed by atoms with Crippen LogP contribution < -0.4 is 0 Å². The van der Waals surface area contributed by atoms with Crippen LogP contribution in [-0.4, -0.2) is 62.5 Å². The first-order valence-electron chi connectivity index (χ1n) is 5.00. The number of hydrogen-bond acceptors (Lipinski definition) is 2. The van der Waals surface area contributed by atoms with Crippen molar-refractivity contribution in [3.8, 4) is 0 Å². The van der Waals surface area contributed by atoms with Crippen molar-refractivity contribution in [1.29, 1.82) is 0 Å². The molecule has 0 aliphatic rings. The number of carboxylic acid groups (broad SMARTS) is 1. The van der Waals surface area contributed by atoms with E-state index in [2.05, 4.69) is 0 Å². The normalized spacial score (nSPS) is 10.5. The summed E-state index contributed by atoms with van der Waals surface area (Å²) in [6, 6.07) is 10.9. The molecule has 0 radical (unpaired) electrons. The number of fused-ring (bicyclic) bond motifs is 3. The van der Waals surface area contributed by atoms with Crippen LogP contribution in [0.1, 0.15) is 10.4 Å². The number of halogens is 1. The molecular formula is C13H8ClKO2S. The van der Waals surface area contributed by atoms with Gasteiger partial charge in [0.2, 0.25) is 0 Å². The van der Waals surface area contributed by atoms with Crippen molar-refractivity contribution in [3.05, 3.63) is 47.0 Å². The Morgan fingerprint density at radius 3 is 2.33 bits per heavy atom. The SMILES string of the molecule is O=C(O)c1ccc2c(c1)sc1cc(Cl)ccc12.[KH]. The van der Waals surface area contributed by atoms with Gasteiger partial charge in [0, 0.05) is 25.2 Å². The van der Waals surface area contributed by atoms with Crippen LogP contribution in [0.5, 0.6) is 0 Å². The van der Waals surface area contributed by atoms with Gasteiger partial charge in [-0.25, -0.2) is 4.79 Å². The molecule has 0 amide bonds. The van der Waals surface area contributed by atoms with E-state index in [1.165, 1.54) is 0 Å². The molecule has 0 fully saturated rings. The van der Waals surface area contributed by atoms with Crippen LogP contribution >= 0.6 is 22.9 Å². The molecule has 1 N–H and O–H groups in total. The fraction of sp³-hybridized carbons (Fsp3) is 0. The molecule has 0 saturated carbocycles. The number of rotatable bonds is 1. The van der Waals surface area contributed by atoms with Crippen molar-refractivity contribution in [2.45, 2.75) is 0 Å². The van der Waals surface area contributed by atoms with E-state index in [4.69, 9.17) is 16.7 Å². The van der Waals surface area contributed by atoms with Gasteiger partial charge in [-0.3, -0.25) is 0 Å². The van der Waals surface area contributed by atoms with Crippen molar-refractivity contribution in [1.82, 2.24) is 0 Å². The summed E-state index contributed by atoms with van der Waals surface area (Å²) in [5, 5.41) is 11.8. The van der Waals surface area contributed by atoms with E-state index in [1.807, 2.05) is 24.3 Å². The standard InChI is InChI=1S/C13H7ClO2S.K.H/c14-8-2-4-10-9-3-1-7(13(15)16)5-11(9)17-12(10)6-8;;/h1-6H,(H,15,16);;. The van der Waals surface area contributed by atoms with Crippen LogP contribution in [0.25, 0.3) is 20.2 Å². The van der Waals surface area contributed by atoms with Gasteiger partial charge in [-0.2, -0.15) is 0 Å². The fourth-order valence-electron chi connectivity index (χ4n) is 1.88. The molecule has 86 valence electrons. The predicted octanol–water partition coefficient (Wildman–Crippen LogP) is 3.76. The Kier molecular flexibility index (Phi) is 4.49. The van der Waals surface area contributed by atoms with Gasteiger partial charge in [-0.05, 0) is 24.3 Å². The molecule has 5 heteroatoms. The van der Waals surface area contributed by atoms with Gasteiger partial charge in [0.1, 0.15) is 0 Å². The van der Waals surface area contributed by atoms with Crippen LogP contribution in [0.15, 0.2) is 36.4 Å². The fourth-order valence-corrected chi connectivity index (χ4v) is 3.31. The predicted molar refractivity (Wildman–Crippen MR) is 78.4 cm³/mol. The van der Waals surface area contributed by atoms with Gasteiger partial charge in [0.25, 0.3) is 0 Å². The average Bonchev–Trinajstić information content (AvgIpc) is 2.64. The minimum atomic E-state index is -0.901. The first-order chi connectivity index (χ1) is 8.15. The van der Waals surface area contributed by atoms with Gasteiger partial charge in [-0.15, -0.1) is 11.3 Å². The van der Waals surface area contributed by atoms with E-state index in [0.717, 1.165) is 20.2 Å². The van der Waals surface area contributed by atoms with Crippen molar-refractivity contribution in [3.63, 3.8) is 0 Å². The summed E-state index contributed by atoms with van der Waals surface area (Å²) in [4.78, 5) is 10.9. The summed E-state index contributed by atoms with van der Waals surface area (Å²) in [5.41, 5.74) is 0.315. The van der Waals surface area contributed by atoms with E-state index in [-0.39, 0.29) is 51.4 Å². The maximum absolute atomic E-state index is 10.9. The van der Waals surface area contributed by atoms with E-state index < -0.39 is 5.97 Å². The van der Waals surface area contributed by atoms with E-state index in [9.17, 15) is 4.79 Å². The topological polar surface area (TPSA) is 37.3 Å². The Labute approximate surface area is 155 Å². The van der Waals surface area contributed by atoms with Gasteiger partial charge in [0.05, 0.1) is 5.56 Å². The van der Waals surface area contributed by atoms with Crippen LogP contribution in [0.3, 0.4) is 0 Å². The summed E-state index contributed by atoms with van der Waals surface area (Å²) in [5.74, 6) is -0.901. The van der Waals surface area contributed by atoms with Gasteiger partial charge in [0.15, 0.2) is 0 Å². The third-order valence-corrected chi connectivity index (χ3v) is 4.03. The monoisotopic (exact) mass is 302 g/mol. The van der Waals surface area contributed by atoms with Crippen LogP contribution in [0.4, 0.5) is 0 Å². The zero-order valence-electron chi connectivity index (χ0n) is 8.61. The number of hydrogen-bond donors (Lipinski definition) is 1. The zero-order chi connectivity index (χ0) is 12.0. The number of thiophene rings is 1. The Morgan fingerprint density at radius 2 is 1.67 bits per heavy atom. The number of aromatic carboxylic acids is 1. The number of carbonyl (C=O) groups is 1. The molecule has 0 bridgehead atoms. The summed E-state index contributed by atoms with van der Waals surface area (Å²) >= 11 is 7.50. The molecule has 0 saturated heterocycles. The molecule has 2 nitrogen and oxygen atoms in total. The van der Waals surface area contributed by atoms with Gasteiger partial charge < -0.3 is 5.11 Å². The molecule has 0 aliphatic heterocycles. The minimum absolute atomic E-state index is 0. The molecule has 0 unspecified atom stereocenters. The third-order valence-electron chi connectivity index (χ3n) is 2.68. The van der Waals surface area contributed by atoms with Crippen molar-refractivity contribution < 1.29 is 9.90 Å². The molecule has 1 heterocycles. The second-order valence-corrected chi connectivity index (χ2v) is 5.28. The van der Waals surface area contributed by atoms with Gasteiger partial charge in [-0.1, -0.05) is 23.7 Å². The zero-order valence-corrected chi connectivity index (χ0v) is 10.2. The maximum atomic E-state index is 10.9. The van der Waals surface area contributed by atoms with Gasteiger partial charge >= 0.3 is 57.4 Å². The Bertz CT molecular complexity index is 751. The Hall–Kier alpha value is 0.0564. The van der Waals surface area contributed by atoms with E-state index in [0.29, 0.717) is 10.6 Å². The Morgan fingerprint density at radius 1 is 1.06 bits per heavy atom. The first-order valence-corrected chi connectivity index (χ1v) is 6.20. The molecule has 18 heavy (non-hydrogen) atoms. The molecule has 0 spiro atoms. The quantitative estimate of drug-likeness (QED) is 0.695. The van der Waals surface area contributed by atoms with Crippen molar-refractivity contribution >= 4 is 100 Å². The van der Waals surface area contributed by atoms with Crippen molar-refractivity contribution in [2.75, 3.05) is 0 Å². The number of carboxylic acids is 1. The Balaban J connectivity index is 0.00000120. The molecule has 1 aromatic heterocycles. The summed E-state index contributed by atoms with van der Waals surface area (Å²) in [6.07, 6.45) is 0. The second-order valence-electron chi connectivity index (χ2n) is 3.76. The van der Waals surface area contributed by atoms with Crippen LogP contribution in [0.2, 0.25) is 5.02 Å². The average molecular weight is 303 g/mol. The summed E-state index contributed by atoms with van der Waals surface area (Å²) < 4.78 is 2.05. The summed E-state index contributed by atoms with van der Waals surface area (Å²) in [7, 11) is 0. The second kappa shape index (κ2) is 5.59. The molecular weight excluding hydrogens is 295 g/mol. The van der Waals surface area contributed by atoms with E-state index >= 15 is 0 Å².